The van der Waals surface area contributed by atoms with E-state index in [-0.39, 0.29) is 0 Å². The largest absolute Gasteiger partial charge is 0.399 e. The lowest BCUT2D eigenvalue weighted by Gasteiger charge is -2.12. The van der Waals surface area contributed by atoms with Gasteiger partial charge in [-0.05, 0) is 37.3 Å². The van der Waals surface area contributed by atoms with Crippen molar-refractivity contribution >= 4 is 28.3 Å². The van der Waals surface area contributed by atoms with Crippen molar-refractivity contribution in [2.24, 2.45) is 5.92 Å². The third-order valence-corrected chi connectivity index (χ3v) is 5.23. The maximum atomic E-state index is 5.81. The molecule has 8 nitrogen and oxygen atoms in total. The fraction of sp³-hybridized carbons (Fsp3) is 0.333. The number of anilines is 2. The van der Waals surface area contributed by atoms with E-state index in [0.29, 0.717) is 11.8 Å². The number of H-pyrrole nitrogens is 1. The molecule has 0 spiro atoms. The highest BCUT2D eigenvalue weighted by molar-refractivity contribution is 5.74. The zero-order valence-electron chi connectivity index (χ0n) is 14.3. The van der Waals surface area contributed by atoms with Gasteiger partial charge in [0, 0.05) is 36.6 Å². The summed E-state index contributed by atoms with van der Waals surface area (Å²) in [5, 5.41) is 12.2. The van der Waals surface area contributed by atoms with Crippen LogP contribution in [0.4, 0.5) is 11.5 Å². The smallest absolute Gasteiger partial charge is 0.179 e. The molecule has 8 heteroatoms. The van der Waals surface area contributed by atoms with Gasteiger partial charge < -0.3 is 16.0 Å². The number of rotatable bonds is 4. The number of hydrogen-bond donors (Lipinski definition) is 3. The highest BCUT2D eigenvalue weighted by atomic mass is 15.3. The first-order valence-corrected chi connectivity index (χ1v) is 8.90. The summed E-state index contributed by atoms with van der Waals surface area (Å²) < 4.78 is 2.14. The van der Waals surface area contributed by atoms with E-state index < -0.39 is 0 Å². The van der Waals surface area contributed by atoms with Crippen molar-refractivity contribution in [1.29, 1.82) is 0 Å². The molecule has 0 bridgehead atoms. The minimum Gasteiger partial charge on any atom is -0.399 e. The maximum Gasteiger partial charge on any atom is 0.179 e. The van der Waals surface area contributed by atoms with E-state index in [4.69, 9.17) is 5.73 Å². The van der Waals surface area contributed by atoms with Crippen LogP contribution in [0.15, 0.2) is 36.8 Å². The molecule has 26 heavy (non-hydrogen) atoms. The summed E-state index contributed by atoms with van der Waals surface area (Å²) in [6.07, 6.45) is 8.77. The molecular weight excluding hydrogens is 328 g/mol. The third-order valence-electron chi connectivity index (χ3n) is 5.23. The van der Waals surface area contributed by atoms with Gasteiger partial charge in [-0.3, -0.25) is 4.40 Å². The van der Waals surface area contributed by atoms with Crippen LogP contribution in [0.3, 0.4) is 0 Å². The van der Waals surface area contributed by atoms with Gasteiger partial charge in [-0.15, -0.1) is 10.2 Å². The van der Waals surface area contributed by atoms with E-state index in [1.807, 2.05) is 18.3 Å². The van der Waals surface area contributed by atoms with Crippen LogP contribution in [0.2, 0.25) is 0 Å². The number of aromatic nitrogens is 6. The van der Waals surface area contributed by atoms with Crippen molar-refractivity contribution in [3.05, 3.63) is 42.6 Å². The number of fused-ring (bicyclic) bond motifs is 3. The Balaban J connectivity index is 1.34. The zero-order chi connectivity index (χ0) is 17.5. The predicted octanol–water partition coefficient (Wildman–Crippen LogP) is 2.58. The Morgan fingerprint density at radius 3 is 3.12 bits per heavy atom. The van der Waals surface area contributed by atoms with Crippen LogP contribution in [0.1, 0.15) is 31.0 Å². The Morgan fingerprint density at radius 1 is 1.23 bits per heavy atom. The van der Waals surface area contributed by atoms with Crippen molar-refractivity contribution in [3.8, 4) is 0 Å². The van der Waals surface area contributed by atoms with Gasteiger partial charge in [0.05, 0.1) is 11.7 Å². The van der Waals surface area contributed by atoms with Crippen molar-refractivity contribution in [2.75, 3.05) is 17.6 Å². The SMILES string of the molecule is Nc1ccnc(NC[C@H]2CC[C@@H](c3nnc4cnc5[nH]ccc5n34)C2)c1. The summed E-state index contributed by atoms with van der Waals surface area (Å²) in [7, 11) is 0. The van der Waals surface area contributed by atoms with Crippen LogP contribution in [-0.2, 0) is 0 Å². The van der Waals surface area contributed by atoms with Crippen LogP contribution in [0, 0.1) is 5.92 Å². The molecule has 0 radical (unpaired) electrons. The number of nitrogens with two attached hydrogens (primary N) is 1. The van der Waals surface area contributed by atoms with E-state index >= 15 is 0 Å². The normalized spacial score (nSPS) is 20.2. The molecule has 0 unspecified atom stereocenters. The van der Waals surface area contributed by atoms with E-state index in [2.05, 4.69) is 34.9 Å². The lowest BCUT2D eigenvalue weighted by molar-refractivity contribution is 0.558. The zero-order valence-corrected chi connectivity index (χ0v) is 14.3. The van der Waals surface area contributed by atoms with Crippen molar-refractivity contribution < 1.29 is 0 Å². The summed E-state index contributed by atoms with van der Waals surface area (Å²) in [5.74, 6) is 2.86. The molecule has 2 atom stereocenters. The molecule has 132 valence electrons. The number of pyridine rings is 1. The number of hydrogen-bond acceptors (Lipinski definition) is 6. The molecule has 0 saturated heterocycles. The molecule has 5 rings (SSSR count). The van der Waals surface area contributed by atoms with Crippen molar-refractivity contribution in [1.82, 2.24) is 29.5 Å². The molecule has 0 aromatic carbocycles. The molecule has 4 heterocycles. The fourth-order valence-corrected chi connectivity index (χ4v) is 3.95. The Bertz CT molecular complexity index is 1070. The molecule has 1 aliphatic carbocycles. The Labute approximate surface area is 149 Å². The molecular formula is C18H20N8. The lowest BCUT2D eigenvalue weighted by Crippen LogP contribution is -2.13. The number of nitrogens with zero attached hydrogens (tertiary/aromatic N) is 5. The van der Waals surface area contributed by atoms with Crippen molar-refractivity contribution in [3.63, 3.8) is 0 Å². The van der Waals surface area contributed by atoms with Crippen LogP contribution >= 0.6 is 0 Å². The van der Waals surface area contributed by atoms with E-state index in [0.717, 1.165) is 59.9 Å². The minimum atomic E-state index is 0.408. The standard InChI is InChI=1S/C18H20N8/c19-13-3-5-20-15(8-13)22-9-11-1-2-12(7-11)18-25-24-16-10-23-17-14(26(16)18)4-6-21-17/h3-6,8,10-12,21H,1-2,7,9H2,(H3,19,20,22)/t11-,12+/m0/s1. The van der Waals surface area contributed by atoms with Gasteiger partial charge in [-0.2, -0.15) is 0 Å². The Morgan fingerprint density at radius 2 is 2.19 bits per heavy atom. The highest BCUT2D eigenvalue weighted by Gasteiger charge is 2.29. The maximum absolute atomic E-state index is 5.81. The van der Waals surface area contributed by atoms with Gasteiger partial charge in [0.25, 0.3) is 0 Å². The fourth-order valence-electron chi connectivity index (χ4n) is 3.95. The molecule has 4 aromatic heterocycles. The first kappa shape index (κ1) is 15.1. The van der Waals surface area contributed by atoms with E-state index in [1.165, 1.54) is 0 Å². The van der Waals surface area contributed by atoms with Gasteiger partial charge in [0.1, 0.15) is 11.6 Å². The Hall–Kier alpha value is -3.16. The molecule has 1 aliphatic rings. The first-order valence-electron chi connectivity index (χ1n) is 8.90. The Kier molecular flexibility index (Phi) is 3.48. The number of nitrogens with one attached hydrogen (secondary N) is 2. The molecule has 1 saturated carbocycles. The van der Waals surface area contributed by atoms with Gasteiger partial charge >= 0.3 is 0 Å². The summed E-state index contributed by atoms with van der Waals surface area (Å²) in [4.78, 5) is 11.9. The third kappa shape index (κ3) is 2.54. The summed E-state index contributed by atoms with van der Waals surface area (Å²) in [6.45, 7) is 0.894. The number of aromatic amines is 1. The molecule has 1 fully saturated rings. The molecule has 0 amide bonds. The summed E-state index contributed by atoms with van der Waals surface area (Å²) >= 11 is 0. The van der Waals surface area contributed by atoms with E-state index in [1.54, 1.807) is 18.5 Å². The topological polar surface area (TPSA) is 110 Å². The minimum absolute atomic E-state index is 0.408. The molecule has 4 aromatic rings. The van der Waals surface area contributed by atoms with Crippen LogP contribution in [-0.4, -0.2) is 36.1 Å². The monoisotopic (exact) mass is 348 g/mol. The quantitative estimate of drug-likeness (QED) is 0.523. The number of nitrogen functional groups attached to an aromatic ring is 1. The molecule has 0 aliphatic heterocycles. The summed E-state index contributed by atoms with van der Waals surface area (Å²) in [5.41, 5.74) is 9.24. The second kappa shape index (κ2) is 5.98. The second-order valence-corrected chi connectivity index (χ2v) is 6.95. The van der Waals surface area contributed by atoms with Gasteiger partial charge in [-0.1, -0.05) is 0 Å². The van der Waals surface area contributed by atoms with Crippen LogP contribution in [0.25, 0.3) is 16.8 Å². The lowest BCUT2D eigenvalue weighted by atomic mass is 10.0. The van der Waals surface area contributed by atoms with E-state index in [9.17, 15) is 0 Å². The van der Waals surface area contributed by atoms with Crippen molar-refractivity contribution in [2.45, 2.75) is 25.2 Å². The highest BCUT2D eigenvalue weighted by Crippen LogP contribution is 2.38. The predicted molar refractivity (Wildman–Crippen MR) is 99.9 cm³/mol. The van der Waals surface area contributed by atoms with Gasteiger partial charge in [0.2, 0.25) is 0 Å². The summed E-state index contributed by atoms with van der Waals surface area (Å²) in [6, 6.07) is 5.69. The first-order chi connectivity index (χ1) is 12.8. The average molecular weight is 348 g/mol. The van der Waals surface area contributed by atoms with Gasteiger partial charge in [-0.25, -0.2) is 9.97 Å². The van der Waals surface area contributed by atoms with Crippen LogP contribution < -0.4 is 11.1 Å². The molecule has 4 N–H and O–H groups in total. The van der Waals surface area contributed by atoms with Crippen LogP contribution in [0.5, 0.6) is 0 Å². The second-order valence-electron chi connectivity index (χ2n) is 6.95. The average Bonchev–Trinajstić information content (AvgIpc) is 3.37. The van der Waals surface area contributed by atoms with Gasteiger partial charge in [0.15, 0.2) is 11.3 Å².